The second-order valence-corrected chi connectivity index (χ2v) is 8.85. The van der Waals surface area contributed by atoms with E-state index in [1.165, 1.54) is 56.2 Å². The summed E-state index contributed by atoms with van der Waals surface area (Å²) in [5, 5.41) is 8.77. The molecule has 2 aliphatic rings. The smallest absolute Gasteiger partial charge is 0.144 e. The summed E-state index contributed by atoms with van der Waals surface area (Å²) in [5.41, 5.74) is 1.69. The molecule has 2 saturated carbocycles. The Labute approximate surface area is 177 Å². The van der Waals surface area contributed by atoms with Crippen LogP contribution in [0.15, 0.2) is 23.7 Å². The minimum atomic E-state index is -0.746. The lowest BCUT2D eigenvalue weighted by Gasteiger charge is -2.37. The van der Waals surface area contributed by atoms with E-state index in [0.29, 0.717) is 30.6 Å². The summed E-state index contributed by atoms with van der Waals surface area (Å²) < 4.78 is 33.4. The summed E-state index contributed by atoms with van der Waals surface area (Å²) in [6.07, 6.45) is 13.6. The molecule has 1 aromatic carbocycles. The molecule has 0 N–H and O–H groups in total. The molecule has 2 nitrogen and oxygen atoms in total. The van der Waals surface area contributed by atoms with Gasteiger partial charge in [0.25, 0.3) is 0 Å². The van der Waals surface area contributed by atoms with Gasteiger partial charge in [-0.25, -0.2) is 8.78 Å². The fourth-order valence-corrected chi connectivity index (χ4v) is 5.22. The van der Waals surface area contributed by atoms with Crippen molar-refractivity contribution in [3.63, 3.8) is 0 Å². The highest BCUT2D eigenvalue weighted by atomic mass is 35.5. The van der Waals surface area contributed by atoms with Crippen LogP contribution in [0.2, 0.25) is 0 Å². The molecule has 158 valence electrons. The number of benzene rings is 1. The molecule has 0 spiro atoms. The Morgan fingerprint density at radius 1 is 1.00 bits per heavy atom. The van der Waals surface area contributed by atoms with Crippen LogP contribution < -0.4 is 0 Å². The number of ether oxygens (including phenoxy) is 1. The van der Waals surface area contributed by atoms with Gasteiger partial charge >= 0.3 is 0 Å². The normalized spacial score (nSPS) is 27.8. The van der Waals surface area contributed by atoms with E-state index in [-0.39, 0.29) is 0 Å². The van der Waals surface area contributed by atoms with Crippen molar-refractivity contribution in [2.75, 3.05) is 6.61 Å². The minimum Gasteiger partial charge on any atom is -0.374 e. The minimum absolute atomic E-state index is 0.378. The fraction of sp³-hybridized carbons (Fsp3) is 0.625. The molecule has 0 bridgehead atoms. The van der Waals surface area contributed by atoms with E-state index >= 15 is 0 Å². The highest BCUT2D eigenvalue weighted by molar-refractivity contribution is 6.25. The predicted octanol–water partition coefficient (Wildman–Crippen LogP) is 6.90. The maximum atomic E-state index is 13.8. The zero-order valence-electron chi connectivity index (χ0n) is 16.9. The second-order valence-electron chi connectivity index (χ2n) is 8.60. The highest BCUT2D eigenvalue weighted by Gasteiger charge is 2.31. The van der Waals surface area contributed by atoms with Gasteiger partial charge in [-0.3, -0.25) is 0 Å². The Bertz CT molecular complexity index is 706. The first-order valence-electron chi connectivity index (χ1n) is 10.9. The lowest BCUT2D eigenvalue weighted by atomic mass is 9.70. The maximum absolute atomic E-state index is 13.8. The first-order valence-corrected chi connectivity index (χ1v) is 11.3. The van der Waals surface area contributed by atoms with Crippen LogP contribution in [-0.2, 0) is 11.2 Å². The van der Waals surface area contributed by atoms with Gasteiger partial charge < -0.3 is 4.74 Å². The topological polar surface area (TPSA) is 33.0 Å². The van der Waals surface area contributed by atoms with Crippen molar-refractivity contribution < 1.29 is 13.5 Å². The van der Waals surface area contributed by atoms with Gasteiger partial charge in [0.05, 0.1) is 12.7 Å². The lowest BCUT2D eigenvalue weighted by molar-refractivity contribution is 0.0211. The van der Waals surface area contributed by atoms with Gasteiger partial charge in [0, 0.05) is 5.54 Å². The highest BCUT2D eigenvalue weighted by Crippen LogP contribution is 2.41. The van der Waals surface area contributed by atoms with Crippen LogP contribution in [0, 0.1) is 40.7 Å². The van der Waals surface area contributed by atoms with Crippen molar-refractivity contribution >= 4 is 11.6 Å². The molecular weight excluding hydrogens is 392 g/mol. The molecule has 0 unspecified atom stereocenters. The number of rotatable bonds is 7. The molecule has 0 radical (unpaired) electrons. The van der Waals surface area contributed by atoms with E-state index in [0.717, 1.165) is 31.1 Å². The van der Waals surface area contributed by atoms with Crippen molar-refractivity contribution in [1.29, 1.82) is 5.26 Å². The van der Waals surface area contributed by atoms with E-state index in [4.69, 9.17) is 21.6 Å². The molecule has 0 atom stereocenters. The summed E-state index contributed by atoms with van der Waals surface area (Å²) in [6.45, 7) is 0.608. The van der Waals surface area contributed by atoms with Crippen LogP contribution in [-0.4, -0.2) is 12.7 Å². The first-order chi connectivity index (χ1) is 14.1. The van der Waals surface area contributed by atoms with Gasteiger partial charge in [-0.1, -0.05) is 24.4 Å². The molecule has 2 fully saturated rings. The van der Waals surface area contributed by atoms with Gasteiger partial charge in [-0.05, 0) is 92.9 Å². The third kappa shape index (κ3) is 6.27. The number of aryl methyl sites for hydroxylation is 1. The van der Waals surface area contributed by atoms with Crippen molar-refractivity contribution in [3.05, 3.63) is 46.5 Å². The van der Waals surface area contributed by atoms with Gasteiger partial charge in [0.2, 0.25) is 0 Å². The Morgan fingerprint density at radius 2 is 1.59 bits per heavy atom. The summed E-state index contributed by atoms with van der Waals surface area (Å²) in [6, 6.07) is 4.21. The molecule has 5 heteroatoms. The van der Waals surface area contributed by atoms with Crippen LogP contribution in [0.5, 0.6) is 0 Å². The monoisotopic (exact) mass is 421 g/mol. The summed E-state index contributed by atoms with van der Waals surface area (Å²) in [4.78, 5) is 0. The number of hydrogen-bond acceptors (Lipinski definition) is 2. The zero-order valence-corrected chi connectivity index (χ0v) is 17.6. The molecule has 0 aliphatic heterocycles. The molecule has 0 saturated heterocycles. The quantitative estimate of drug-likeness (QED) is 0.479. The van der Waals surface area contributed by atoms with Crippen LogP contribution in [0.4, 0.5) is 8.78 Å². The maximum Gasteiger partial charge on any atom is 0.144 e. The van der Waals surface area contributed by atoms with Crippen molar-refractivity contribution in [1.82, 2.24) is 0 Å². The average molecular weight is 422 g/mol. The van der Waals surface area contributed by atoms with E-state index in [9.17, 15) is 8.78 Å². The SMILES string of the molecule is N#Cc1c(F)cc(CCC2CCC([C@H]3CC[C@H](OC/C=C/Cl)CC3)CC2)cc1F. The van der Waals surface area contributed by atoms with Crippen LogP contribution in [0.1, 0.15) is 68.9 Å². The Morgan fingerprint density at radius 3 is 2.14 bits per heavy atom. The van der Waals surface area contributed by atoms with Crippen molar-refractivity contribution in [2.24, 2.45) is 17.8 Å². The van der Waals surface area contributed by atoms with E-state index in [2.05, 4.69) is 0 Å². The third-order valence-electron chi connectivity index (χ3n) is 6.85. The molecule has 0 heterocycles. The molecule has 1 aromatic rings. The Kier molecular flexibility index (Phi) is 8.51. The van der Waals surface area contributed by atoms with Gasteiger partial charge in [-0.15, -0.1) is 0 Å². The summed E-state index contributed by atoms with van der Waals surface area (Å²) in [5.74, 6) is 0.782. The molecule has 0 amide bonds. The number of hydrogen-bond donors (Lipinski definition) is 0. The molecule has 29 heavy (non-hydrogen) atoms. The second kappa shape index (κ2) is 11.1. The van der Waals surface area contributed by atoms with E-state index < -0.39 is 17.2 Å². The average Bonchev–Trinajstić information content (AvgIpc) is 2.73. The molecule has 3 rings (SSSR count). The predicted molar refractivity (Wildman–Crippen MR) is 112 cm³/mol. The third-order valence-corrected chi connectivity index (χ3v) is 7.03. The van der Waals surface area contributed by atoms with Crippen molar-refractivity contribution in [3.8, 4) is 6.07 Å². The first kappa shape index (κ1) is 22.2. The van der Waals surface area contributed by atoms with Gasteiger partial charge in [-0.2, -0.15) is 5.26 Å². The zero-order chi connectivity index (χ0) is 20.6. The fourth-order valence-electron chi connectivity index (χ4n) is 5.15. The van der Waals surface area contributed by atoms with Gasteiger partial charge in [0.1, 0.15) is 23.3 Å². The van der Waals surface area contributed by atoms with Crippen LogP contribution in [0.3, 0.4) is 0 Å². The van der Waals surface area contributed by atoms with E-state index in [1.54, 1.807) is 6.07 Å². The van der Waals surface area contributed by atoms with Crippen LogP contribution >= 0.6 is 11.6 Å². The number of nitriles is 1. The van der Waals surface area contributed by atoms with Gasteiger partial charge in [0.15, 0.2) is 0 Å². The molecule has 2 aliphatic carbocycles. The lowest BCUT2D eigenvalue weighted by Crippen LogP contribution is -2.28. The molecule has 0 aromatic heterocycles. The number of nitrogens with zero attached hydrogens (tertiary/aromatic N) is 1. The standard InChI is InChI=1S/C24H30ClF2NO/c25-12-1-13-29-21-10-8-20(9-11-21)19-6-4-17(5-7-19)2-3-18-14-23(26)22(16-28)24(27)15-18/h1,12,14-15,17,19-21H,2-11,13H2/b12-1+/t17?,19?,20-,21-. The van der Waals surface area contributed by atoms with Crippen molar-refractivity contribution in [2.45, 2.75) is 70.3 Å². The summed E-state index contributed by atoms with van der Waals surface area (Å²) >= 11 is 5.53. The Balaban J connectivity index is 1.38. The Hall–Kier alpha value is -1.44. The largest absolute Gasteiger partial charge is 0.374 e. The van der Waals surface area contributed by atoms with E-state index in [1.807, 2.05) is 6.08 Å². The van der Waals surface area contributed by atoms with Crippen LogP contribution in [0.25, 0.3) is 0 Å². The number of halogens is 3. The summed E-state index contributed by atoms with van der Waals surface area (Å²) in [7, 11) is 0. The molecular formula is C24H30ClF2NO.